The molecule has 4 aromatic rings. The van der Waals surface area contributed by atoms with Crippen LogP contribution in [0.4, 0.5) is 5.69 Å². The molecule has 34 heavy (non-hydrogen) atoms. The van der Waals surface area contributed by atoms with Crippen molar-refractivity contribution < 1.29 is 19.7 Å². The molecule has 0 aromatic heterocycles. The molecule has 0 spiro atoms. The third-order valence-corrected chi connectivity index (χ3v) is 6.25. The number of amides is 1. The van der Waals surface area contributed by atoms with Crippen LogP contribution in [0.15, 0.2) is 97.1 Å². The second-order valence-corrected chi connectivity index (χ2v) is 8.63. The number of carbonyl (C=O) groups excluding carboxylic acids is 1. The second kappa shape index (κ2) is 8.86. The van der Waals surface area contributed by atoms with E-state index in [-0.39, 0.29) is 17.9 Å². The molecule has 0 aliphatic carbocycles. The molecule has 1 aliphatic heterocycles. The lowest BCUT2D eigenvalue weighted by atomic mass is 9.86. The summed E-state index contributed by atoms with van der Waals surface area (Å²) in [5.74, 6) is -0.295. The Kier molecular flexibility index (Phi) is 5.74. The van der Waals surface area contributed by atoms with Crippen LogP contribution < -0.4 is 9.64 Å². The molecule has 2 N–H and O–H groups in total. The quantitative estimate of drug-likeness (QED) is 0.394. The first-order valence-corrected chi connectivity index (χ1v) is 11.2. The second-order valence-electron chi connectivity index (χ2n) is 8.20. The molecule has 1 heterocycles. The van der Waals surface area contributed by atoms with Gasteiger partial charge in [0.1, 0.15) is 18.1 Å². The van der Waals surface area contributed by atoms with Gasteiger partial charge < -0.3 is 19.8 Å². The lowest BCUT2D eigenvalue weighted by molar-refractivity contribution is -0.132. The Bertz CT molecular complexity index is 1340. The van der Waals surface area contributed by atoms with Crippen LogP contribution in [0, 0.1) is 0 Å². The highest BCUT2D eigenvalue weighted by molar-refractivity contribution is 6.30. The summed E-state index contributed by atoms with van der Waals surface area (Å²) in [6, 6.07) is 28.5. The Morgan fingerprint density at radius 3 is 2.29 bits per heavy atom. The molecular weight excluding hydrogens is 450 g/mol. The molecule has 1 aliphatic rings. The number of halogens is 1. The van der Waals surface area contributed by atoms with Crippen molar-refractivity contribution in [3.8, 4) is 11.5 Å². The number of para-hydroxylation sites is 1. The third kappa shape index (κ3) is 3.89. The molecule has 5 rings (SSSR count). The number of ether oxygens (including phenoxy) is 1. The van der Waals surface area contributed by atoms with E-state index in [9.17, 15) is 15.0 Å². The highest BCUT2D eigenvalue weighted by Gasteiger charge is 2.52. The van der Waals surface area contributed by atoms with E-state index < -0.39 is 11.5 Å². The molecule has 5 nitrogen and oxygen atoms in total. The van der Waals surface area contributed by atoms with Crippen molar-refractivity contribution in [2.24, 2.45) is 0 Å². The lowest BCUT2D eigenvalue weighted by Crippen LogP contribution is -2.41. The minimum atomic E-state index is -2.06. The standard InChI is InChI=1S/C28H22ClNO4/c29-21-12-10-19(11-13-21)17-30-25-9-5-4-8-23(25)28(33,27(30)32)24-16-22(14-15-26(24)31)34-18-20-6-2-1-3-7-20/h1-16,31,33H,17-18H2. The van der Waals surface area contributed by atoms with Crippen molar-refractivity contribution in [2.75, 3.05) is 4.90 Å². The van der Waals surface area contributed by atoms with Gasteiger partial charge in [-0.25, -0.2) is 0 Å². The summed E-state index contributed by atoms with van der Waals surface area (Å²) >= 11 is 6.00. The monoisotopic (exact) mass is 471 g/mol. The van der Waals surface area contributed by atoms with Crippen molar-refractivity contribution in [3.05, 3.63) is 124 Å². The van der Waals surface area contributed by atoms with Gasteiger partial charge in [-0.2, -0.15) is 0 Å². The summed E-state index contributed by atoms with van der Waals surface area (Å²) in [7, 11) is 0. The fourth-order valence-electron chi connectivity index (χ4n) is 4.26. The van der Waals surface area contributed by atoms with Gasteiger partial charge in [0.05, 0.1) is 12.2 Å². The number of anilines is 1. The van der Waals surface area contributed by atoms with Crippen LogP contribution in [0.5, 0.6) is 11.5 Å². The Balaban J connectivity index is 1.51. The molecule has 1 unspecified atom stereocenters. The molecule has 0 saturated heterocycles. The molecule has 1 atom stereocenters. The highest BCUT2D eigenvalue weighted by Crippen LogP contribution is 2.48. The van der Waals surface area contributed by atoms with Crippen molar-refractivity contribution in [3.63, 3.8) is 0 Å². The van der Waals surface area contributed by atoms with Crippen LogP contribution in [0.2, 0.25) is 5.02 Å². The zero-order valence-corrected chi connectivity index (χ0v) is 18.9. The van der Waals surface area contributed by atoms with Crippen LogP contribution in [-0.2, 0) is 23.5 Å². The average molecular weight is 472 g/mol. The van der Waals surface area contributed by atoms with E-state index in [2.05, 4.69) is 0 Å². The van der Waals surface area contributed by atoms with Crippen molar-refractivity contribution in [2.45, 2.75) is 18.8 Å². The average Bonchev–Trinajstić information content (AvgIpc) is 3.08. The number of carbonyl (C=O) groups is 1. The summed E-state index contributed by atoms with van der Waals surface area (Å²) in [6.45, 7) is 0.566. The Labute approximate surface area is 202 Å². The van der Waals surface area contributed by atoms with Crippen LogP contribution in [0.3, 0.4) is 0 Å². The van der Waals surface area contributed by atoms with E-state index in [1.165, 1.54) is 17.0 Å². The highest BCUT2D eigenvalue weighted by atomic mass is 35.5. The Hall–Kier alpha value is -3.80. The summed E-state index contributed by atoms with van der Waals surface area (Å²) in [6.07, 6.45) is 0. The van der Waals surface area contributed by atoms with E-state index in [1.54, 1.807) is 36.4 Å². The van der Waals surface area contributed by atoms with Gasteiger partial charge in [-0.1, -0.05) is 72.3 Å². The molecule has 170 valence electrons. The van der Waals surface area contributed by atoms with E-state index >= 15 is 0 Å². The number of rotatable bonds is 6. The zero-order valence-electron chi connectivity index (χ0n) is 18.2. The number of aromatic hydroxyl groups is 1. The number of aliphatic hydroxyl groups is 1. The molecule has 0 fully saturated rings. The number of phenolic OH excluding ortho intramolecular Hbond substituents is 1. The molecule has 6 heteroatoms. The topological polar surface area (TPSA) is 70.0 Å². The first-order chi connectivity index (χ1) is 16.5. The van der Waals surface area contributed by atoms with Gasteiger partial charge in [0, 0.05) is 16.1 Å². The summed E-state index contributed by atoms with van der Waals surface area (Å²) in [4.78, 5) is 15.2. The smallest absolute Gasteiger partial charge is 0.268 e. The minimum absolute atomic E-state index is 0.0779. The van der Waals surface area contributed by atoms with Gasteiger partial charge >= 0.3 is 0 Å². The first-order valence-electron chi connectivity index (χ1n) is 10.9. The number of benzene rings is 4. The van der Waals surface area contributed by atoms with Gasteiger partial charge in [-0.05, 0) is 47.5 Å². The SMILES string of the molecule is O=C1N(Cc2ccc(Cl)cc2)c2ccccc2C1(O)c1cc(OCc2ccccc2)ccc1O. The van der Waals surface area contributed by atoms with Gasteiger partial charge in [0.15, 0.2) is 0 Å². The summed E-state index contributed by atoms with van der Waals surface area (Å²) < 4.78 is 5.89. The fourth-order valence-corrected chi connectivity index (χ4v) is 4.39. The third-order valence-electron chi connectivity index (χ3n) is 6.00. The number of hydrogen-bond acceptors (Lipinski definition) is 4. The van der Waals surface area contributed by atoms with E-state index in [0.29, 0.717) is 28.6 Å². The maximum Gasteiger partial charge on any atom is 0.268 e. The molecular formula is C28H22ClNO4. The Morgan fingerprint density at radius 1 is 0.824 bits per heavy atom. The van der Waals surface area contributed by atoms with Gasteiger partial charge in [-0.15, -0.1) is 0 Å². The zero-order chi connectivity index (χ0) is 23.7. The van der Waals surface area contributed by atoms with E-state index in [0.717, 1.165) is 11.1 Å². The normalized spacial score (nSPS) is 17.0. The molecule has 1 amide bonds. The lowest BCUT2D eigenvalue weighted by Gasteiger charge is -2.25. The number of phenols is 1. The van der Waals surface area contributed by atoms with Crippen molar-refractivity contribution in [1.29, 1.82) is 0 Å². The van der Waals surface area contributed by atoms with E-state index in [4.69, 9.17) is 16.3 Å². The maximum atomic E-state index is 13.7. The van der Waals surface area contributed by atoms with Crippen LogP contribution in [0.1, 0.15) is 22.3 Å². The number of fused-ring (bicyclic) bond motifs is 1. The van der Waals surface area contributed by atoms with Crippen LogP contribution in [0.25, 0.3) is 0 Å². The molecule has 0 radical (unpaired) electrons. The van der Waals surface area contributed by atoms with Crippen LogP contribution in [-0.4, -0.2) is 16.1 Å². The predicted molar refractivity (Wildman–Crippen MR) is 131 cm³/mol. The maximum absolute atomic E-state index is 13.7. The largest absolute Gasteiger partial charge is 0.508 e. The minimum Gasteiger partial charge on any atom is -0.508 e. The van der Waals surface area contributed by atoms with Crippen molar-refractivity contribution >= 4 is 23.2 Å². The van der Waals surface area contributed by atoms with Crippen molar-refractivity contribution in [1.82, 2.24) is 0 Å². The van der Waals surface area contributed by atoms with E-state index in [1.807, 2.05) is 48.5 Å². The molecule has 0 bridgehead atoms. The van der Waals surface area contributed by atoms with Gasteiger partial charge in [-0.3, -0.25) is 4.79 Å². The van der Waals surface area contributed by atoms with Gasteiger partial charge in [0.2, 0.25) is 5.60 Å². The Morgan fingerprint density at radius 2 is 1.53 bits per heavy atom. The number of hydrogen-bond donors (Lipinski definition) is 2. The predicted octanol–water partition coefficient (Wildman–Crippen LogP) is 5.41. The van der Waals surface area contributed by atoms with Gasteiger partial charge in [0.25, 0.3) is 5.91 Å². The summed E-state index contributed by atoms with van der Waals surface area (Å²) in [5, 5.41) is 23.1. The number of nitrogens with zero attached hydrogens (tertiary/aromatic N) is 1. The molecule has 4 aromatic carbocycles. The summed E-state index contributed by atoms with van der Waals surface area (Å²) in [5.41, 5.74) is 0.853. The van der Waals surface area contributed by atoms with Crippen LogP contribution >= 0.6 is 11.6 Å². The molecule has 0 saturated carbocycles. The first kappa shape index (κ1) is 22.0. The fraction of sp³-hybridized carbons (Fsp3) is 0.107.